The molecule has 2 heterocycles. The molecular weight excluding hydrogens is 346 g/mol. The molecule has 0 atom stereocenters. The number of nitrogens with zero attached hydrogens (tertiary/aromatic N) is 4. The second kappa shape index (κ2) is 6.81. The number of hydrogen-bond donors (Lipinski definition) is 2. The van der Waals surface area contributed by atoms with Crippen LogP contribution in [0, 0.1) is 6.92 Å². The summed E-state index contributed by atoms with van der Waals surface area (Å²) in [6.45, 7) is 5.05. The van der Waals surface area contributed by atoms with Crippen LogP contribution in [0.5, 0.6) is 0 Å². The Morgan fingerprint density at radius 3 is 2.85 bits per heavy atom. The highest BCUT2D eigenvalue weighted by molar-refractivity contribution is 7.15. The van der Waals surface area contributed by atoms with Crippen LogP contribution in [0.4, 0.5) is 11.6 Å². The molecule has 3 aromatic rings. The fourth-order valence-electron chi connectivity index (χ4n) is 3.16. The molecule has 6 nitrogen and oxygen atoms in total. The molecule has 1 saturated carbocycles. The van der Waals surface area contributed by atoms with Crippen molar-refractivity contribution in [3.8, 4) is 10.4 Å². The highest BCUT2D eigenvalue weighted by Crippen LogP contribution is 2.44. The molecule has 0 unspecified atom stereocenters. The normalized spacial score (nSPS) is 15.7. The third kappa shape index (κ3) is 3.37. The number of aliphatic hydroxyl groups is 1. The van der Waals surface area contributed by atoms with Gasteiger partial charge in [0, 0.05) is 18.4 Å². The maximum atomic E-state index is 10.5. The second-order valence-corrected chi connectivity index (χ2v) is 7.99. The Morgan fingerprint density at radius 1 is 1.27 bits per heavy atom. The third-order valence-electron chi connectivity index (χ3n) is 4.69. The summed E-state index contributed by atoms with van der Waals surface area (Å²) >= 11 is 1.58. The predicted molar refractivity (Wildman–Crippen MR) is 104 cm³/mol. The molecule has 4 rings (SSSR count). The molecule has 0 spiro atoms. The van der Waals surface area contributed by atoms with Crippen molar-refractivity contribution < 1.29 is 5.11 Å². The number of anilines is 2. The number of rotatable bonds is 6. The van der Waals surface area contributed by atoms with E-state index in [1.165, 1.54) is 0 Å². The van der Waals surface area contributed by atoms with Gasteiger partial charge in [-0.1, -0.05) is 13.0 Å². The minimum Gasteiger partial charge on any atom is -0.383 e. The lowest BCUT2D eigenvalue weighted by Gasteiger charge is -2.34. The monoisotopic (exact) mass is 369 g/mol. The number of hydrogen-bond acceptors (Lipinski definition) is 6. The number of benzene rings is 1. The Kier molecular flexibility index (Phi) is 4.50. The van der Waals surface area contributed by atoms with Gasteiger partial charge in [-0.05, 0) is 55.9 Å². The molecule has 0 aliphatic heterocycles. The van der Waals surface area contributed by atoms with E-state index in [0.29, 0.717) is 5.95 Å². The molecule has 0 amide bonds. The minimum atomic E-state index is -0.705. The van der Waals surface area contributed by atoms with Crippen molar-refractivity contribution in [1.82, 2.24) is 19.7 Å². The average molecular weight is 369 g/mol. The molecular formula is C19H23N5OS. The van der Waals surface area contributed by atoms with E-state index < -0.39 is 5.60 Å². The summed E-state index contributed by atoms with van der Waals surface area (Å²) in [5, 5.41) is 19.1. The van der Waals surface area contributed by atoms with E-state index in [-0.39, 0.29) is 0 Å². The van der Waals surface area contributed by atoms with Crippen LogP contribution in [-0.2, 0) is 12.1 Å². The lowest BCUT2D eigenvalue weighted by molar-refractivity contribution is -0.0389. The molecule has 2 N–H and O–H groups in total. The summed E-state index contributed by atoms with van der Waals surface area (Å²) in [5.41, 5.74) is 2.48. The molecule has 1 aliphatic carbocycles. The average Bonchev–Trinajstić information content (AvgIpc) is 3.22. The first-order valence-electron chi connectivity index (χ1n) is 9.03. The van der Waals surface area contributed by atoms with Gasteiger partial charge in [-0.15, -0.1) is 16.4 Å². The van der Waals surface area contributed by atoms with Gasteiger partial charge in [-0.3, -0.25) is 4.68 Å². The summed E-state index contributed by atoms with van der Waals surface area (Å²) in [4.78, 5) is 9.85. The van der Waals surface area contributed by atoms with E-state index in [1.807, 2.05) is 10.9 Å². The topological polar surface area (TPSA) is 75.9 Å². The van der Waals surface area contributed by atoms with Crippen LogP contribution >= 0.6 is 11.3 Å². The lowest BCUT2D eigenvalue weighted by Crippen LogP contribution is -2.33. The summed E-state index contributed by atoms with van der Waals surface area (Å²) in [6, 6.07) is 6.29. The maximum absolute atomic E-state index is 10.5. The quantitative estimate of drug-likeness (QED) is 0.680. The van der Waals surface area contributed by atoms with Gasteiger partial charge in [0.15, 0.2) is 0 Å². The predicted octanol–water partition coefficient (Wildman–Crippen LogP) is 4.24. The van der Waals surface area contributed by atoms with Gasteiger partial charge in [0.2, 0.25) is 5.95 Å². The number of thiazole rings is 1. The molecule has 26 heavy (non-hydrogen) atoms. The van der Waals surface area contributed by atoms with Crippen LogP contribution in [0.15, 0.2) is 30.7 Å². The van der Waals surface area contributed by atoms with Gasteiger partial charge >= 0.3 is 0 Å². The van der Waals surface area contributed by atoms with Crippen LogP contribution in [0.1, 0.15) is 43.2 Å². The highest BCUT2D eigenvalue weighted by atomic mass is 32.1. The SMILES string of the molecule is CCCn1cnc(Nc2cc(C)cc(-c3cnc(C4(O)CCC4)s3)c2)n1. The highest BCUT2D eigenvalue weighted by Gasteiger charge is 2.39. The van der Waals surface area contributed by atoms with Crippen LogP contribution in [-0.4, -0.2) is 24.9 Å². The molecule has 7 heteroatoms. The van der Waals surface area contributed by atoms with E-state index in [0.717, 1.165) is 58.9 Å². The van der Waals surface area contributed by atoms with Crippen molar-refractivity contribution in [2.75, 3.05) is 5.32 Å². The zero-order valence-electron chi connectivity index (χ0n) is 15.1. The van der Waals surface area contributed by atoms with E-state index in [2.05, 4.69) is 52.4 Å². The number of aryl methyl sites for hydroxylation is 2. The lowest BCUT2D eigenvalue weighted by atomic mass is 9.81. The molecule has 1 aliphatic rings. The van der Waals surface area contributed by atoms with Crippen molar-refractivity contribution in [3.63, 3.8) is 0 Å². The van der Waals surface area contributed by atoms with Crippen LogP contribution in [0.2, 0.25) is 0 Å². The zero-order valence-corrected chi connectivity index (χ0v) is 15.9. The van der Waals surface area contributed by atoms with E-state index in [1.54, 1.807) is 17.7 Å². The van der Waals surface area contributed by atoms with E-state index in [4.69, 9.17) is 0 Å². The van der Waals surface area contributed by atoms with Gasteiger partial charge in [-0.25, -0.2) is 9.97 Å². The fraction of sp³-hybridized carbons (Fsp3) is 0.421. The Morgan fingerprint density at radius 2 is 2.12 bits per heavy atom. The molecule has 1 aromatic carbocycles. The fourth-order valence-corrected chi connectivity index (χ4v) is 4.21. The molecule has 136 valence electrons. The van der Waals surface area contributed by atoms with Crippen molar-refractivity contribution in [2.24, 2.45) is 0 Å². The number of nitrogens with one attached hydrogen (secondary N) is 1. The van der Waals surface area contributed by atoms with E-state index >= 15 is 0 Å². The van der Waals surface area contributed by atoms with Gasteiger partial charge in [0.1, 0.15) is 16.9 Å². The summed E-state index contributed by atoms with van der Waals surface area (Å²) < 4.78 is 1.84. The van der Waals surface area contributed by atoms with Crippen LogP contribution in [0.25, 0.3) is 10.4 Å². The molecule has 0 radical (unpaired) electrons. The first-order valence-corrected chi connectivity index (χ1v) is 9.84. The van der Waals surface area contributed by atoms with Gasteiger partial charge in [-0.2, -0.15) is 0 Å². The van der Waals surface area contributed by atoms with Crippen molar-refractivity contribution in [1.29, 1.82) is 0 Å². The first-order chi connectivity index (χ1) is 12.6. The summed E-state index contributed by atoms with van der Waals surface area (Å²) in [5.74, 6) is 0.601. The van der Waals surface area contributed by atoms with Crippen molar-refractivity contribution >= 4 is 23.0 Å². The molecule has 0 saturated heterocycles. The summed E-state index contributed by atoms with van der Waals surface area (Å²) in [7, 11) is 0. The Balaban J connectivity index is 1.57. The summed E-state index contributed by atoms with van der Waals surface area (Å²) in [6.07, 6.45) is 7.33. The third-order valence-corrected chi connectivity index (χ3v) is 5.93. The molecule has 2 aromatic heterocycles. The Hall–Kier alpha value is -2.25. The minimum absolute atomic E-state index is 0.601. The van der Waals surface area contributed by atoms with Crippen molar-refractivity contribution in [2.45, 2.75) is 51.7 Å². The Labute approximate surface area is 156 Å². The molecule has 1 fully saturated rings. The first kappa shape index (κ1) is 17.2. The van der Waals surface area contributed by atoms with E-state index in [9.17, 15) is 5.11 Å². The van der Waals surface area contributed by atoms with Crippen LogP contribution < -0.4 is 5.32 Å². The van der Waals surface area contributed by atoms with Crippen LogP contribution in [0.3, 0.4) is 0 Å². The zero-order chi connectivity index (χ0) is 18.1. The smallest absolute Gasteiger partial charge is 0.246 e. The number of aromatic nitrogens is 4. The molecule has 0 bridgehead atoms. The van der Waals surface area contributed by atoms with Gasteiger partial charge < -0.3 is 10.4 Å². The second-order valence-electron chi connectivity index (χ2n) is 6.96. The Bertz CT molecular complexity index is 912. The van der Waals surface area contributed by atoms with Crippen molar-refractivity contribution in [3.05, 3.63) is 41.3 Å². The van der Waals surface area contributed by atoms with Gasteiger partial charge in [0.25, 0.3) is 0 Å². The van der Waals surface area contributed by atoms with Gasteiger partial charge in [0.05, 0.1) is 4.88 Å². The largest absolute Gasteiger partial charge is 0.383 e. The standard InChI is InChI=1S/C19H23N5OS/c1-3-7-24-12-21-18(23-24)22-15-9-13(2)8-14(10-15)16-11-20-17(26-16)19(25)5-4-6-19/h8-12,25H,3-7H2,1-2H3,(H,22,23). The maximum Gasteiger partial charge on any atom is 0.246 e.